The molecule has 3 atom stereocenters. The number of fused-ring (bicyclic) bond motifs is 2. The highest BCUT2D eigenvalue weighted by Crippen LogP contribution is 2.56. The zero-order valence-corrected chi connectivity index (χ0v) is 20.6. The summed E-state index contributed by atoms with van der Waals surface area (Å²) in [4.78, 5) is 55.7. The molecule has 1 aliphatic carbocycles. The Morgan fingerprint density at radius 3 is 2.22 bits per heavy atom. The average Bonchev–Trinajstić information content (AvgIpc) is 3.12. The first kappa shape index (κ1) is 24.5. The molecule has 3 fully saturated rings. The number of nitrogens with zero attached hydrogens (tertiary/aromatic N) is 2. The Hall–Kier alpha value is -2.12. The fourth-order valence-electron chi connectivity index (χ4n) is 5.43. The van der Waals surface area contributed by atoms with Gasteiger partial charge in [-0.25, -0.2) is 4.79 Å². The lowest BCUT2D eigenvalue weighted by Gasteiger charge is -2.44. The van der Waals surface area contributed by atoms with Gasteiger partial charge in [-0.3, -0.25) is 19.3 Å². The summed E-state index contributed by atoms with van der Waals surface area (Å²) >= 11 is 0. The van der Waals surface area contributed by atoms with Crippen LogP contribution < -0.4 is 5.32 Å². The van der Waals surface area contributed by atoms with E-state index in [-0.39, 0.29) is 41.6 Å². The van der Waals surface area contributed by atoms with Crippen LogP contribution in [0.1, 0.15) is 80.6 Å². The summed E-state index contributed by atoms with van der Waals surface area (Å²) in [5.74, 6) is -0.555. The van der Waals surface area contributed by atoms with Crippen molar-refractivity contribution in [2.75, 3.05) is 6.54 Å². The van der Waals surface area contributed by atoms with Crippen LogP contribution in [0.25, 0.3) is 0 Å². The van der Waals surface area contributed by atoms with Gasteiger partial charge in [-0.15, -0.1) is 0 Å². The molecule has 4 amide bonds. The number of ether oxygens (including phenoxy) is 1. The molecule has 0 aromatic rings. The topological polar surface area (TPSA) is 96.0 Å². The van der Waals surface area contributed by atoms with E-state index in [2.05, 4.69) is 5.32 Å². The number of likely N-dealkylation sites (tertiary alicyclic amines) is 2. The summed E-state index contributed by atoms with van der Waals surface area (Å²) < 4.78 is 5.39. The molecule has 0 aromatic carbocycles. The quantitative estimate of drug-likeness (QED) is 0.696. The van der Waals surface area contributed by atoms with Crippen molar-refractivity contribution in [3.63, 3.8) is 0 Å². The van der Waals surface area contributed by atoms with Gasteiger partial charge in [0, 0.05) is 12.5 Å². The third-order valence-electron chi connectivity index (χ3n) is 6.86. The second-order valence-electron chi connectivity index (χ2n) is 11.3. The number of carbonyl (C=O) groups is 4. The fourth-order valence-corrected chi connectivity index (χ4v) is 5.43. The van der Waals surface area contributed by atoms with Crippen LogP contribution in [0, 0.1) is 17.3 Å². The van der Waals surface area contributed by atoms with Crippen molar-refractivity contribution in [1.82, 2.24) is 15.1 Å². The number of carbonyl (C=O) groups excluding carboxylic acids is 4. The van der Waals surface area contributed by atoms with E-state index < -0.39 is 23.2 Å². The predicted octanol–water partition coefficient (Wildman–Crippen LogP) is 3.09. The van der Waals surface area contributed by atoms with Gasteiger partial charge in [0.1, 0.15) is 11.6 Å². The molecule has 1 spiro atoms. The van der Waals surface area contributed by atoms with Crippen LogP contribution in [0.3, 0.4) is 0 Å². The lowest BCUT2D eigenvalue weighted by molar-refractivity contribution is -0.153. The van der Waals surface area contributed by atoms with E-state index >= 15 is 0 Å². The van der Waals surface area contributed by atoms with Crippen LogP contribution in [0.5, 0.6) is 0 Å². The number of alkyl carbamates (subject to hydrolysis) is 1. The van der Waals surface area contributed by atoms with Crippen LogP contribution in [0.4, 0.5) is 4.79 Å². The molecule has 8 heteroatoms. The van der Waals surface area contributed by atoms with Gasteiger partial charge >= 0.3 is 6.09 Å². The van der Waals surface area contributed by atoms with E-state index in [1.54, 1.807) is 39.5 Å². The van der Waals surface area contributed by atoms with Gasteiger partial charge < -0.3 is 15.0 Å². The largest absolute Gasteiger partial charge is 0.444 e. The summed E-state index contributed by atoms with van der Waals surface area (Å²) in [5, 5.41) is 2.77. The van der Waals surface area contributed by atoms with E-state index in [9.17, 15) is 19.2 Å². The van der Waals surface area contributed by atoms with E-state index in [0.29, 0.717) is 32.2 Å². The molecule has 1 N–H and O–H groups in total. The van der Waals surface area contributed by atoms with Gasteiger partial charge in [-0.05, 0) is 52.4 Å². The minimum Gasteiger partial charge on any atom is -0.444 e. The van der Waals surface area contributed by atoms with Crippen LogP contribution in [0.15, 0.2) is 0 Å². The number of amides is 4. The molecule has 0 unspecified atom stereocenters. The summed E-state index contributed by atoms with van der Waals surface area (Å²) in [5.41, 5.74) is -1.32. The molecule has 2 heterocycles. The third kappa shape index (κ3) is 4.37. The summed E-state index contributed by atoms with van der Waals surface area (Å²) in [6, 6.07) is -1.32. The predicted molar refractivity (Wildman–Crippen MR) is 119 cm³/mol. The second kappa shape index (κ2) is 8.67. The van der Waals surface area contributed by atoms with Crippen molar-refractivity contribution < 1.29 is 23.9 Å². The maximum Gasteiger partial charge on any atom is 0.408 e. The Morgan fingerprint density at radius 1 is 1.12 bits per heavy atom. The highest BCUT2D eigenvalue weighted by Gasteiger charge is 2.67. The number of hydrogen-bond acceptors (Lipinski definition) is 5. The summed E-state index contributed by atoms with van der Waals surface area (Å²) in [7, 11) is 0. The molecular formula is C24H39N3O5. The molecule has 0 bridgehead atoms. The first-order valence-electron chi connectivity index (χ1n) is 12.0. The van der Waals surface area contributed by atoms with Crippen molar-refractivity contribution in [3.05, 3.63) is 0 Å². The van der Waals surface area contributed by atoms with Crippen molar-refractivity contribution in [2.24, 2.45) is 17.3 Å². The van der Waals surface area contributed by atoms with Gasteiger partial charge in [0.25, 0.3) is 0 Å². The number of rotatable bonds is 5. The number of nitrogens with one attached hydrogen (secondary N) is 1. The third-order valence-corrected chi connectivity index (χ3v) is 6.86. The molecule has 8 nitrogen and oxygen atoms in total. The highest BCUT2D eigenvalue weighted by molar-refractivity contribution is 6.03. The molecule has 0 radical (unpaired) electrons. The van der Waals surface area contributed by atoms with Crippen LogP contribution >= 0.6 is 0 Å². The van der Waals surface area contributed by atoms with E-state index in [1.165, 1.54) is 4.90 Å². The van der Waals surface area contributed by atoms with Crippen molar-refractivity contribution in [3.8, 4) is 0 Å². The Bertz CT molecular complexity index is 781. The standard InChI is InChI=1S/C24H39N3O5/c1-14(2)13-16(25-22(31)32-23(5,6)7)20(29)26-12-9-17-18(26)24(10-8-11-24)21(30)27(17)19(28)15(3)4/h14-18H,8-13H2,1-7H3,(H,25,31)/t16-,17-,18-/m0/s1. The molecule has 180 valence electrons. The monoisotopic (exact) mass is 449 g/mol. The molecule has 2 saturated heterocycles. The highest BCUT2D eigenvalue weighted by atomic mass is 16.6. The average molecular weight is 450 g/mol. The zero-order valence-electron chi connectivity index (χ0n) is 20.6. The molecular weight excluding hydrogens is 410 g/mol. The van der Waals surface area contributed by atoms with Gasteiger partial charge in [0.2, 0.25) is 17.7 Å². The molecule has 32 heavy (non-hydrogen) atoms. The maximum atomic E-state index is 13.7. The molecule has 1 saturated carbocycles. The first-order chi connectivity index (χ1) is 14.8. The number of hydrogen-bond donors (Lipinski definition) is 1. The van der Waals surface area contributed by atoms with Crippen LogP contribution in [-0.4, -0.2) is 63.9 Å². The summed E-state index contributed by atoms with van der Waals surface area (Å²) in [6.07, 6.45) is 2.77. The fraction of sp³-hybridized carbons (Fsp3) is 0.833. The van der Waals surface area contributed by atoms with Gasteiger partial charge in [-0.2, -0.15) is 0 Å². The minimum atomic E-state index is -0.731. The van der Waals surface area contributed by atoms with Crippen molar-refractivity contribution >= 4 is 23.8 Å². The Morgan fingerprint density at radius 2 is 1.75 bits per heavy atom. The SMILES string of the molecule is CC(C)C[C@H](NC(=O)OC(C)(C)C)C(=O)N1CC[C@H]2[C@H]1C1(CCC1)C(=O)N2C(=O)C(C)C. The Labute approximate surface area is 191 Å². The molecule has 3 aliphatic rings. The normalized spacial score (nSPS) is 25.2. The van der Waals surface area contributed by atoms with Gasteiger partial charge in [0.05, 0.1) is 17.5 Å². The van der Waals surface area contributed by atoms with Crippen LogP contribution in [0.2, 0.25) is 0 Å². The zero-order chi connectivity index (χ0) is 24.0. The minimum absolute atomic E-state index is 0.115. The van der Waals surface area contributed by atoms with Crippen molar-refractivity contribution in [2.45, 2.75) is 104 Å². The Kier molecular flexibility index (Phi) is 6.64. The lowest BCUT2D eigenvalue weighted by Crippen LogP contribution is -2.57. The van der Waals surface area contributed by atoms with Crippen molar-refractivity contribution in [1.29, 1.82) is 0 Å². The van der Waals surface area contributed by atoms with E-state index in [0.717, 1.165) is 6.42 Å². The smallest absolute Gasteiger partial charge is 0.408 e. The summed E-state index contributed by atoms with van der Waals surface area (Å²) in [6.45, 7) is 13.4. The van der Waals surface area contributed by atoms with Gasteiger partial charge in [-0.1, -0.05) is 34.1 Å². The molecule has 3 rings (SSSR count). The molecule has 2 aliphatic heterocycles. The Balaban J connectivity index is 1.86. The van der Waals surface area contributed by atoms with Gasteiger partial charge in [0.15, 0.2) is 0 Å². The first-order valence-corrected chi connectivity index (χ1v) is 12.0. The molecule has 0 aromatic heterocycles. The maximum absolute atomic E-state index is 13.7. The van der Waals surface area contributed by atoms with E-state index in [4.69, 9.17) is 4.74 Å². The number of imide groups is 1. The lowest BCUT2D eigenvalue weighted by atomic mass is 9.64. The van der Waals surface area contributed by atoms with E-state index in [1.807, 2.05) is 13.8 Å². The van der Waals surface area contributed by atoms with Crippen LogP contribution in [-0.2, 0) is 19.1 Å². The second-order valence-corrected chi connectivity index (χ2v) is 11.3.